The molecular weight excluding hydrogens is 286 g/mol. The Hall–Kier alpha value is -1.66. The van der Waals surface area contributed by atoms with Crippen LogP contribution in [0.1, 0.15) is 28.3 Å². The number of aromatic nitrogens is 2. The molecule has 112 valence electrons. The van der Waals surface area contributed by atoms with Gasteiger partial charge in [-0.1, -0.05) is 0 Å². The highest BCUT2D eigenvalue weighted by Crippen LogP contribution is 2.26. The number of likely N-dealkylation sites (tertiary alicyclic amines) is 1. The normalized spacial score (nSPS) is 18.4. The summed E-state index contributed by atoms with van der Waals surface area (Å²) in [6.07, 6.45) is 3.77. The molecule has 1 aliphatic heterocycles. The van der Waals surface area contributed by atoms with E-state index in [-0.39, 0.29) is 18.6 Å². The quantitative estimate of drug-likeness (QED) is 0.944. The zero-order valence-electron chi connectivity index (χ0n) is 12.2. The van der Waals surface area contributed by atoms with Gasteiger partial charge in [0.15, 0.2) is 0 Å². The summed E-state index contributed by atoms with van der Waals surface area (Å²) in [7, 11) is 1.87. The van der Waals surface area contributed by atoms with E-state index in [4.69, 9.17) is 0 Å². The molecule has 1 fully saturated rings. The van der Waals surface area contributed by atoms with Crippen molar-refractivity contribution >= 4 is 17.2 Å². The van der Waals surface area contributed by atoms with Crippen molar-refractivity contribution in [2.75, 3.05) is 13.2 Å². The molecule has 1 amide bonds. The number of thiazole rings is 1. The lowest BCUT2D eigenvalue weighted by atomic mass is 10.2. The first-order valence-electron chi connectivity index (χ1n) is 7.11. The summed E-state index contributed by atoms with van der Waals surface area (Å²) in [5.41, 5.74) is 2.52. The molecule has 2 aromatic rings. The summed E-state index contributed by atoms with van der Waals surface area (Å²) < 4.78 is 1.85. The van der Waals surface area contributed by atoms with Crippen molar-refractivity contribution in [3.63, 3.8) is 0 Å². The second kappa shape index (κ2) is 5.61. The number of hydrogen-bond acceptors (Lipinski definition) is 4. The van der Waals surface area contributed by atoms with Crippen molar-refractivity contribution in [2.24, 2.45) is 7.05 Å². The maximum atomic E-state index is 12.7. The Kier molecular flexibility index (Phi) is 3.82. The third-order valence-corrected chi connectivity index (χ3v) is 4.76. The van der Waals surface area contributed by atoms with Gasteiger partial charge in [0.25, 0.3) is 5.91 Å². The molecule has 1 saturated heterocycles. The summed E-state index contributed by atoms with van der Waals surface area (Å²) in [5.74, 6) is -0.00717. The zero-order chi connectivity index (χ0) is 15.0. The number of amides is 1. The van der Waals surface area contributed by atoms with Gasteiger partial charge < -0.3 is 14.6 Å². The molecule has 3 rings (SSSR count). The molecule has 6 heteroatoms. The van der Waals surface area contributed by atoms with Crippen LogP contribution >= 0.6 is 11.3 Å². The summed E-state index contributed by atoms with van der Waals surface area (Å²) in [4.78, 5) is 18.9. The van der Waals surface area contributed by atoms with Gasteiger partial charge in [0.1, 0.15) is 5.69 Å². The third kappa shape index (κ3) is 2.61. The van der Waals surface area contributed by atoms with E-state index in [0.717, 1.165) is 35.7 Å². The molecule has 0 unspecified atom stereocenters. The lowest BCUT2D eigenvalue weighted by molar-refractivity contribution is 0.0668. The molecule has 1 aliphatic rings. The molecule has 3 heterocycles. The van der Waals surface area contributed by atoms with E-state index in [1.165, 1.54) is 0 Å². The molecular formula is C15H19N3O2S. The van der Waals surface area contributed by atoms with Gasteiger partial charge in [0.05, 0.1) is 23.4 Å². The number of rotatable bonds is 3. The number of hydrogen-bond donors (Lipinski definition) is 1. The van der Waals surface area contributed by atoms with Crippen molar-refractivity contribution < 1.29 is 9.90 Å². The van der Waals surface area contributed by atoms with Crippen molar-refractivity contribution in [1.29, 1.82) is 0 Å². The second-order valence-electron chi connectivity index (χ2n) is 5.45. The predicted octanol–water partition coefficient (Wildman–Crippen LogP) is 2.05. The van der Waals surface area contributed by atoms with Crippen molar-refractivity contribution in [2.45, 2.75) is 25.8 Å². The van der Waals surface area contributed by atoms with Crippen LogP contribution in [0.25, 0.3) is 11.3 Å². The zero-order valence-corrected chi connectivity index (χ0v) is 13.1. The van der Waals surface area contributed by atoms with Crippen LogP contribution in [0.15, 0.2) is 17.6 Å². The number of aliphatic hydroxyl groups is 1. The molecule has 1 atom stereocenters. The van der Waals surface area contributed by atoms with E-state index in [9.17, 15) is 9.90 Å². The Morgan fingerprint density at radius 2 is 2.38 bits per heavy atom. The lowest BCUT2D eigenvalue weighted by Crippen LogP contribution is -2.38. The van der Waals surface area contributed by atoms with Gasteiger partial charge in [-0.2, -0.15) is 0 Å². The topological polar surface area (TPSA) is 58.4 Å². The average molecular weight is 305 g/mol. The molecule has 0 aliphatic carbocycles. The minimum Gasteiger partial charge on any atom is -0.394 e. The summed E-state index contributed by atoms with van der Waals surface area (Å²) in [6, 6.07) is 1.85. The van der Waals surface area contributed by atoms with Crippen LogP contribution < -0.4 is 0 Å². The number of nitrogens with zero attached hydrogens (tertiary/aromatic N) is 3. The van der Waals surface area contributed by atoms with E-state index in [1.54, 1.807) is 16.2 Å². The van der Waals surface area contributed by atoms with Gasteiger partial charge in [0.2, 0.25) is 0 Å². The molecule has 21 heavy (non-hydrogen) atoms. The standard InChI is InChI=1S/C15H19N3O2S/c1-10-16-13(9-21-10)11-6-14(17(2)7-11)15(20)18-5-3-4-12(18)8-19/h6-7,9,12,19H,3-5,8H2,1-2H3/t12-/m1/s1. The molecule has 0 saturated carbocycles. The van der Waals surface area contributed by atoms with E-state index >= 15 is 0 Å². The summed E-state index contributed by atoms with van der Waals surface area (Å²) in [6.45, 7) is 2.73. The van der Waals surface area contributed by atoms with E-state index in [0.29, 0.717) is 5.69 Å². The Bertz CT molecular complexity index is 662. The van der Waals surface area contributed by atoms with Crippen LogP contribution in [0, 0.1) is 6.92 Å². The van der Waals surface area contributed by atoms with Crippen LogP contribution in [0.4, 0.5) is 0 Å². The molecule has 2 aromatic heterocycles. The fourth-order valence-electron chi connectivity index (χ4n) is 2.85. The van der Waals surface area contributed by atoms with Crippen LogP contribution in [0.3, 0.4) is 0 Å². The molecule has 0 bridgehead atoms. The van der Waals surface area contributed by atoms with Crippen LogP contribution in [-0.2, 0) is 7.05 Å². The highest BCUT2D eigenvalue weighted by atomic mass is 32.1. The molecule has 5 nitrogen and oxygen atoms in total. The fraction of sp³-hybridized carbons (Fsp3) is 0.467. The van der Waals surface area contributed by atoms with Gasteiger partial charge >= 0.3 is 0 Å². The Morgan fingerprint density at radius 3 is 3.05 bits per heavy atom. The molecule has 1 N–H and O–H groups in total. The minimum atomic E-state index is -0.0441. The van der Waals surface area contributed by atoms with E-state index in [2.05, 4.69) is 4.98 Å². The van der Waals surface area contributed by atoms with Crippen LogP contribution in [0.5, 0.6) is 0 Å². The van der Waals surface area contributed by atoms with Crippen LogP contribution in [0.2, 0.25) is 0 Å². The Morgan fingerprint density at radius 1 is 1.57 bits per heavy atom. The van der Waals surface area contributed by atoms with Crippen molar-refractivity contribution in [1.82, 2.24) is 14.5 Å². The number of aryl methyl sites for hydroxylation is 2. The Labute approximate surface area is 127 Å². The number of carbonyl (C=O) groups excluding carboxylic acids is 1. The van der Waals surface area contributed by atoms with Crippen molar-refractivity contribution in [3.05, 3.63) is 28.3 Å². The highest BCUT2D eigenvalue weighted by Gasteiger charge is 2.30. The largest absolute Gasteiger partial charge is 0.394 e. The first-order valence-corrected chi connectivity index (χ1v) is 7.99. The van der Waals surface area contributed by atoms with Gasteiger partial charge in [-0.25, -0.2) is 4.98 Å². The third-order valence-electron chi connectivity index (χ3n) is 3.99. The molecule has 0 radical (unpaired) electrons. The van der Waals surface area contributed by atoms with Crippen molar-refractivity contribution in [3.8, 4) is 11.3 Å². The van der Waals surface area contributed by atoms with Crippen LogP contribution in [-0.4, -0.2) is 44.7 Å². The van der Waals surface area contributed by atoms with E-state index in [1.807, 2.05) is 36.2 Å². The lowest BCUT2D eigenvalue weighted by Gasteiger charge is -2.23. The average Bonchev–Trinajstić information content (AvgIpc) is 3.16. The minimum absolute atomic E-state index is 0.00717. The van der Waals surface area contributed by atoms with Gasteiger partial charge in [-0.3, -0.25) is 4.79 Å². The molecule has 0 aromatic carbocycles. The summed E-state index contributed by atoms with van der Waals surface area (Å²) >= 11 is 1.60. The fourth-order valence-corrected chi connectivity index (χ4v) is 3.48. The first-order chi connectivity index (χ1) is 10.1. The van der Waals surface area contributed by atoms with Gasteiger partial charge in [-0.15, -0.1) is 11.3 Å². The summed E-state index contributed by atoms with van der Waals surface area (Å²) in [5, 5.41) is 12.4. The van der Waals surface area contributed by atoms with Gasteiger partial charge in [-0.05, 0) is 25.8 Å². The smallest absolute Gasteiger partial charge is 0.270 e. The SMILES string of the molecule is Cc1nc(-c2cc(C(=O)N3CCC[C@@H]3CO)n(C)c2)cs1. The maximum absolute atomic E-state index is 12.7. The number of aliphatic hydroxyl groups excluding tert-OH is 1. The highest BCUT2D eigenvalue weighted by molar-refractivity contribution is 7.09. The second-order valence-corrected chi connectivity index (χ2v) is 6.52. The first kappa shape index (κ1) is 14.3. The van der Waals surface area contributed by atoms with Gasteiger partial charge in [0, 0.05) is 30.7 Å². The number of carbonyl (C=O) groups is 1. The molecule has 0 spiro atoms. The Balaban J connectivity index is 1.89. The predicted molar refractivity (Wildman–Crippen MR) is 82.4 cm³/mol. The van der Waals surface area contributed by atoms with E-state index < -0.39 is 0 Å². The monoisotopic (exact) mass is 305 g/mol. The maximum Gasteiger partial charge on any atom is 0.270 e.